The summed E-state index contributed by atoms with van der Waals surface area (Å²) in [4.78, 5) is 0. The summed E-state index contributed by atoms with van der Waals surface area (Å²) in [6, 6.07) is 6.94. The summed E-state index contributed by atoms with van der Waals surface area (Å²) < 4.78 is 0. The molecule has 0 aliphatic heterocycles. The Kier molecular flexibility index (Phi) is 2.88. The summed E-state index contributed by atoms with van der Waals surface area (Å²) in [5.74, 6) is 0.0302. The van der Waals surface area contributed by atoms with Crippen LogP contribution in [0.4, 0.5) is 0 Å². The second kappa shape index (κ2) is 3.93. The van der Waals surface area contributed by atoms with Crippen molar-refractivity contribution in [2.24, 2.45) is 0 Å². The topological polar surface area (TPSA) is 40.5 Å². The van der Waals surface area contributed by atoms with Crippen LogP contribution in [0, 0.1) is 0 Å². The van der Waals surface area contributed by atoms with E-state index in [9.17, 15) is 5.11 Å². The third-order valence-corrected chi connectivity index (χ3v) is 1.82. The number of aromatic hydroxyl groups is 1. The molecule has 1 aromatic rings. The first-order valence-corrected chi connectivity index (χ1v) is 3.81. The van der Waals surface area contributed by atoms with Crippen LogP contribution >= 0.6 is 0 Å². The number of aliphatic hydroxyl groups excluding tert-OH is 1. The number of hydrogen-bond donors (Lipinski definition) is 2. The van der Waals surface area contributed by atoms with Crippen molar-refractivity contribution < 1.29 is 10.2 Å². The number of aliphatic hydroxyl groups is 1. The molecule has 1 aromatic carbocycles. The first-order valence-electron chi connectivity index (χ1n) is 3.81. The van der Waals surface area contributed by atoms with E-state index in [2.05, 4.69) is 6.58 Å². The maximum atomic E-state index is 9.38. The molecule has 0 amide bonds. The predicted molar refractivity (Wildman–Crippen MR) is 48.1 cm³/mol. The van der Waals surface area contributed by atoms with E-state index >= 15 is 0 Å². The molecule has 0 fully saturated rings. The highest BCUT2D eigenvalue weighted by Crippen LogP contribution is 2.25. The molecule has 0 bridgehead atoms. The number of rotatable bonds is 3. The number of phenolic OH excluding ortho intramolecular Hbond substituents is 1. The summed E-state index contributed by atoms with van der Waals surface area (Å²) in [5, 5.41) is 18.3. The van der Waals surface area contributed by atoms with E-state index < -0.39 is 0 Å². The van der Waals surface area contributed by atoms with E-state index in [0.717, 1.165) is 5.56 Å². The van der Waals surface area contributed by atoms with Gasteiger partial charge in [0.25, 0.3) is 0 Å². The highest BCUT2D eigenvalue weighted by molar-refractivity contribution is 5.36. The van der Waals surface area contributed by atoms with Crippen LogP contribution in [0.5, 0.6) is 5.75 Å². The van der Waals surface area contributed by atoms with Crippen molar-refractivity contribution in [2.45, 2.75) is 5.92 Å². The Morgan fingerprint density at radius 2 is 2.08 bits per heavy atom. The Morgan fingerprint density at radius 1 is 1.42 bits per heavy atom. The van der Waals surface area contributed by atoms with Crippen LogP contribution in [0.2, 0.25) is 0 Å². The molecule has 64 valence electrons. The van der Waals surface area contributed by atoms with E-state index in [1.54, 1.807) is 24.3 Å². The van der Waals surface area contributed by atoms with Crippen LogP contribution in [0.1, 0.15) is 11.5 Å². The molecular formula is C10H12O2. The predicted octanol–water partition coefficient (Wildman–Crippen LogP) is 1.65. The minimum absolute atomic E-state index is 0.0267. The van der Waals surface area contributed by atoms with E-state index in [1.807, 2.05) is 6.07 Å². The van der Waals surface area contributed by atoms with Gasteiger partial charge in [0.15, 0.2) is 0 Å². The van der Waals surface area contributed by atoms with Crippen molar-refractivity contribution in [3.63, 3.8) is 0 Å². The average molecular weight is 164 g/mol. The van der Waals surface area contributed by atoms with E-state index in [0.29, 0.717) is 0 Å². The first kappa shape index (κ1) is 8.81. The van der Waals surface area contributed by atoms with Gasteiger partial charge in [0.2, 0.25) is 0 Å². The molecule has 2 nitrogen and oxygen atoms in total. The molecule has 0 spiro atoms. The monoisotopic (exact) mass is 164 g/mol. The summed E-state index contributed by atoms with van der Waals surface area (Å²) in [5.41, 5.74) is 0.718. The van der Waals surface area contributed by atoms with Crippen LogP contribution in [-0.2, 0) is 0 Å². The minimum atomic E-state index is -0.175. The fraction of sp³-hybridized carbons (Fsp3) is 0.200. The van der Waals surface area contributed by atoms with E-state index in [1.165, 1.54) is 0 Å². The Hall–Kier alpha value is -1.28. The fourth-order valence-corrected chi connectivity index (χ4v) is 1.10. The molecule has 0 aliphatic carbocycles. The van der Waals surface area contributed by atoms with Gasteiger partial charge in [0.05, 0.1) is 6.61 Å². The standard InChI is InChI=1S/C10H12O2/c1-2-8(7-11)9-5-3-4-6-10(9)12/h2-6,8,11-12H,1,7H2. The highest BCUT2D eigenvalue weighted by atomic mass is 16.3. The molecule has 12 heavy (non-hydrogen) atoms. The van der Waals surface area contributed by atoms with E-state index in [4.69, 9.17) is 5.11 Å². The minimum Gasteiger partial charge on any atom is -0.508 e. The van der Waals surface area contributed by atoms with Crippen molar-refractivity contribution in [3.05, 3.63) is 42.5 Å². The molecule has 1 rings (SSSR count). The third kappa shape index (κ3) is 1.66. The van der Waals surface area contributed by atoms with Crippen LogP contribution in [-0.4, -0.2) is 16.8 Å². The highest BCUT2D eigenvalue weighted by Gasteiger charge is 2.08. The van der Waals surface area contributed by atoms with Gasteiger partial charge in [-0.15, -0.1) is 6.58 Å². The lowest BCUT2D eigenvalue weighted by Crippen LogP contribution is -1.99. The number of hydrogen-bond acceptors (Lipinski definition) is 2. The van der Waals surface area contributed by atoms with Crippen molar-refractivity contribution >= 4 is 0 Å². The molecule has 2 N–H and O–H groups in total. The molecule has 1 unspecified atom stereocenters. The van der Waals surface area contributed by atoms with Gasteiger partial charge in [0.1, 0.15) is 5.75 Å². The zero-order valence-electron chi connectivity index (χ0n) is 6.77. The summed E-state index contributed by atoms with van der Waals surface area (Å²) in [6.07, 6.45) is 1.62. The summed E-state index contributed by atoms with van der Waals surface area (Å²) in [6.45, 7) is 3.55. The number of benzene rings is 1. The van der Waals surface area contributed by atoms with Gasteiger partial charge < -0.3 is 10.2 Å². The second-order valence-electron chi connectivity index (χ2n) is 2.58. The molecule has 0 aromatic heterocycles. The maximum absolute atomic E-state index is 9.38. The Bertz CT molecular complexity index is 268. The van der Waals surface area contributed by atoms with Gasteiger partial charge in [-0.3, -0.25) is 0 Å². The largest absolute Gasteiger partial charge is 0.508 e. The van der Waals surface area contributed by atoms with Crippen molar-refractivity contribution in [3.8, 4) is 5.75 Å². The van der Waals surface area contributed by atoms with Crippen molar-refractivity contribution in [2.75, 3.05) is 6.61 Å². The van der Waals surface area contributed by atoms with Gasteiger partial charge in [-0.05, 0) is 6.07 Å². The molecule has 0 saturated carbocycles. The normalized spacial score (nSPS) is 12.4. The van der Waals surface area contributed by atoms with Gasteiger partial charge in [-0.1, -0.05) is 24.3 Å². The van der Waals surface area contributed by atoms with Crippen LogP contribution in [0.3, 0.4) is 0 Å². The van der Waals surface area contributed by atoms with Gasteiger partial charge in [-0.2, -0.15) is 0 Å². The molecule has 0 aliphatic rings. The van der Waals surface area contributed by atoms with Crippen LogP contribution in [0.15, 0.2) is 36.9 Å². The lowest BCUT2D eigenvalue weighted by atomic mass is 9.99. The number of para-hydroxylation sites is 1. The SMILES string of the molecule is C=CC(CO)c1ccccc1O. The molecular weight excluding hydrogens is 152 g/mol. The lowest BCUT2D eigenvalue weighted by molar-refractivity contribution is 0.281. The van der Waals surface area contributed by atoms with Crippen molar-refractivity contribution in [1.82, 2.24) is 0 Å². The van der Waals surface area contributed by atoms with Crippen LogP contribution < -0.4 is 0 Å². The Morgan fingerprint density at radius 3 is 2.58 bits per heavy atom. The maximum Gasteiger partial charge on any atom is 0.119 e. The quantitative estimate of drug-likeness (QED) is 0.667. The zero-order chi connectivity index (χ0) is 8.97. The van der Waals surface area contributed by atoms with Crippen molar-refractivity contribution in [1.29, 1.82) is 0 Å². The number of phenols is 1. The summed E-state index contributed by atoms with van der Waals surface area (Å²) >= 11 is 0. The third-order valence-electron chi connectivity index (χ3n) is 1.82. The fourth-order valence-electron chi connectivity index (χ4n) is 1.10. The van der Waals surface area contributed by atoms with Gasteiger partial charge in [-0.25, -0.2) is 0 Å². The molecule has 0 radical (unpaired) electrons. The molecule has 0 heterocycles. The Labute approximate surface area is 71.8 Å². The van der Waals surface area contributed by atoms with Crippen LogP contribution in [0.25, 0.3) is 0 Å². The Balaban J connectivity index is 3.00. The molecule has 1 atom stereocenters. The molecule has 0 saturated heterocycles. The zero-order valence-corrected chi connectivity index (χ0v) is 6.77. The first-order chi connectivity index (χ1) is 5.79. The second-order valence-corrected chi connectivity index (χ2v) is 2.58. The van der Waals surface area contributed by atoms with E-state index in [-0.39, 0.29) is 18.3 Å². The lowest BCUT2D eigenvalue weighted by Gasteiger charge is -2.10. The van der Waals surface area contributed by atoms with Gasteiger partial charge in [0, 0.05) is 11.5 Å². The molecule has 2 heteroatoms. The van der Waals surface area contributed by atoms with Gasteiger partial charge >= 0.3 is 0 Å². The summed E-state index contributed by atoms with van der Waals surface area (Å²) in [7, 11) is 0. The average Bonchev–Trinajstić information content (AvgIpc) is 2.10. The smallest absolute Gasteiger partial charge is 0.119 e.